The van der Waals surface area contributed by atoms with E-state index >= 15 is 0 Å². The van der Waals surface area contributed by atoms with Gasteiger partial charge in [0.25, 0.3) is 0 Å². The van der Waals surface area contributed by atoms with Crippen LogP contribution in [0.5, 0.6) is 0 Å². The molecule has 0 saturated carbocycles. The number of H-pyrrole nitrogens is 1. The van der Waals surface area contributed by atoms with Crippen LogP contribution in [0.2, 0.25) is 0 Å². The summed E-state index contributed by atoms with van der Waals surface area (Å²) in [6.45, 7) is 1.64. The minimum Gasteiger partial charge on any atom is -0.465 e. The van der Waals surface area contributed by atoms with Gasteiger partial charge in [-0.2, -0.15) is 0 Å². The molecule has 3 rings (SSSR count). The fourth-order valence-corrected chi connectivity index (χ4v) is 2.71. The van der Waals surface area contributed by atoms with Gasteiger partial charge in [0.05, 0.1) is 11.0 Å². The largest absolute Gasteiger partial charge is 0.465 e. The van der Waals surface area contributed by atoms with Crippen molar-refractivity contribution in [2.24, 2.45) is 0 Å². The topological polar surface area (TPSA) is 72.5 Å². The average Bonchev–Trinajstić information content (AvgIpc) is 2.90. The third-order valence-electron chi connectivity index (χ3n) is 3.99. The second-order valence-corrected chi connectivity index (χ2v) is 5.19. The average molecular weight is 274 g/mol. The zero-order chi connectivity index (χ0) is 14.1. The van der Waals surface area contributed by atoms with Gasteiger partial charge in [-0.25, -0.2) is 9.78 Å². The van der Waals surface area contributed by atoms with E-state index in [1.54, 1.807) is 7.05 Å². The molecular formula is C14H18N4O2. The number of aromatic nitrogens is 2. The van der Waals surface area contributed by atoms with Gasteiger partial charge in [0, 0.05) is 26.2 Å². The van der Waals surface area contributed by atoms with Gasteiger partial charge in [0.15, 0.2) is 0 Å². The van der Waals surface area contributed by atoms with Crippen molar-refractivity contribution in [3.05, 3.63) is 24.3 Å². The molecule has 6 heteroatoms. The molecule has 1 aliphatic heterocycles. The van der Waals surface area contributed by atoms with E-state index in [-0.39, 0.29) is 6.04 Å². The van der Waals surface area contributed by atoms with Crippen LogP contribution in [0.15, 0.2) is 24.3 Å². The standard InChI is InChI=1S/C14H18N4O2/c1-17(14(19)20)10-6-8-18(9-7-10)13-15-11-4-2-3-5-12(11)16-13/h2-5,10H,6-9H2,1H3,(H,15,16)(H,19,20). The van der Waals surface area contributed by atoms with E-state index in [2.05, 4.69) is 14.9 Å². The SMILES string of the molecule is CN(C(=O)O)C1CCN(c2nc3ccccc3[nH]2)CC1. The van der Waals surface area contributed by atoms with Gasteiger partial charge in [-0.05, 0) is 25.0 Å². The quantitative estimate of drug-likeness (QED) is 0.880. The highest BCUT2D eigenvalue weighted by Gasteiger charge is 2.26. The van der Waals surface area contributed by atoms with Gasteiger partial charge in [-0.1, -0.05) is 12.1 Å². The predicted octanol–water partition coefficient (Wildman–Crippen LogP) is 2.14. The number of rotatable bonds is 2. The molecule has 2 aromatic rings. The Hall–Kier alpha value is -2.24. The molecular weight excluding hydrogens is 256 g/mol. The Balaban J connectivity index is 1.70. The first-order valence-corrected chi connectivity index (χ1v) is 6.80. The molecule has 20 heavy (non-hydrogen) atoms. The van der Waals surface area contributed by atoms with Crippen molar-refractivity contribution >= 4 is 23.1 Å². The molecule has 0 atom stereocenters. The molecule has 0 spiro atoms. The van der Waals surface area contributed by atoms with E-state index in [4.69, 9.17) is 5.11 Å². The Kier molecular flexibility index (Phi) is 3.22. The number of para-hydroxylation sites is 2. The second-order valence-electron chi connectivity index (χ2n) is 5.19. The molecule has 1 aromatic heterocycles. The van der Waals surface area contributed by atoms with Crippen LogP contribution < -0.4 is 4.90 Å². The molecule has 0 unspecified atom stereocenters. The van der Waals surface area contributed by atoms with Crippen LogP contribution in [-0.2, 0) is 0 Å². The number of nitrogens with one attached hydrogen (secondary N) is 1. The predicted molar refractivity (Wildman–Crippen MR) is 77.1 cm³/mol. The highest BCUT2D eigenvalue weighted by Crippen LogP contribution is 2.22. The van der Waals surface area contributed by atoms with E-state index in [1.165, 1.54) is 4.90 Å². The molecule has 0 radical (unpaired) electrons. The summed E-state index contributed by atoms with van der Waals surface area (Å²) in [4.78, 5) is 22.5. The molecule has 2 heterocycles. The van der Waals surface area contributed by atoms with Gasteiger partial charge in [-0.15, -0.1) is 0 Å². The number of piperidine rings is 1. The Labute approximate surface area is 117 Å². The summed E-state index contributed by atoms with van der Waals surface area (Å²) in [5, 5.41) is 9.01. The number of hydrogen-bond donors (Lipinski definition) is 2. The third kappa shape index (κ3) is 2.29. The van der Waals surface area contributed by atoms with E-state index in [1.807, 2.05) is 24.3 Å². The summed E-state index contributed by atoms with van der Waals surface area (Å²) in [5.74, 6) is 0.877. The molecule has 2 N–H and O–H groups in total. The van der Waals surface area contributed by atoms with Crippen molar-refractivity contribution in [3.63, 3.8) is 0 Å². The van der Waals surface area contributed by atoms with Crippen LogP contribution >= 0.6 is 0 Å². The van der Waals surface area contributed by atoms with Gasteiger partial charge >= 0.3 is 6.09 Å². The fraction of sp³-hybridized carbons (Fsp3) is 0.429. The lowest BCUT2D eigenvalue weighted by atomic mass is 10.0. The van der Waals surface area contributed by atoms with E-state index in [9.17, 15) is 4.79 Å². The van der Waals surface area contributed by atoms with Crippen molar-refractivity contribution in [3.8, 4) is 0 Å². The van der Waals surface area contributed by atoms with E-state index < -0.39 is 6.09 Å². The number of imidazole rings is 1. The van der Waals surface area contributed by atoms with Crippen LogP contribution in [0.25, 0.3) is 11.0 Å². The van der Waals surface area contributed by atoms with Crippen molar-refractivity contribution < 1.29 is 9.90 Å². The number of nitrogens with zero attached hydrogens (tertiary/aromatic N) is 3. The van der Waals surface area contributed by atoms with Gasteiger partial charge in [-0.3, -0.25) is 0 Å². The first kappa shape index (κ1) is 12.8. The number of benzene rings is 1. The molecule has 106 valence electrons. The number of fused-ring (bicyclic) bond motifs is 1. The summed E-state index contributed by atoms with van der Waals surface area (Å²) in [5.41, 5.74) is 2.00. The minimum atomic E-state index is -0.854. The van der Waals surface area contributed by atoms with Crippen LogP contribution in [0.4, 0.5) is 10.7 Å². The molecule has 1 aliphatic rings. The normalized spacial score (nSPS) is 16.6. The molecule has 0 aliphatic carbocycles. The Morgan fingerprint density at radius 2 is 2.10 bits per heavy atom. The second kappa shape index (κ2) is 5.03. The highest BCUT2D eigenvalue weighted by molar-refractivity contribution is 5.77. The van der Waals surface area contributed by atoms with E-state index in [0.29, 0.717) is 0 Å². The maximum atomic E-state index is 11.0. The van der Waals surface area contributed by atoms with Crippen molar-refractivity contribution in [1.82, 2.24) is 14.9 Å². The Bertz CT molecular complexity index is 583. The van der Waals surface area contributed by atoms with Gasteiger partial charge < -0.3 is 19.9 Å². The van der Waals surface area contributed by atoms with E-state index in [0.717, 1.165) is 42.9 Å². The van der Waals surface area contributed by atoms with Crippen LogP contribution in [0, 0.1) is 0 Å². The minimum absolute atomic E-state index is 0.105. The van der Waals surface area contributed by atoms with Crippen molar-refractivity contribution in [2.45, 2.75) is 18.9 Å². The number of amides is 1. The first-order chi connectivity index (χ1) is 9.65. The number of carbonyl (C=O) groups is 1. The molecule has 1 amide bonds. The number of carboxylic acid groups (broad SMARTS) is 1. The number of hydrogen-bond acceptors (Lipinski definition) is 3. The summed E-state index contributed by atoms with van der Waals surface area (Å²) in [6, 6.07) is 8.06. The summed E-state index contributed by atoms with van der Waals surface area (Å²) in [7, 11) is 1.64. The molecule has 1 fully saturated rings. The molecule has 1 aromatic carbocycles. The zero-order valence-corrected chi connectivity index (χ0v) is 11.4. The lowest BCUT2D eigenvalue weighted by molar-refractivity contribution is 0.131. The molecule has 0 bridgehead atoms. The fourth-order valence-electron chi connectivity index (χ4n) is 2.71. The summed E-state index contributed by atoms with van der Waals surface area (Å²) >= 11 is 0. The van der Waals surface area contributed by atoms with Crippen LogP contribution in [0.1, 0.15) is 12.8 Å². The van der Waals surface area contributed by atoms with Gasteiger partial charge in [0.1, 0.15) is 0 Å². The molecule has 6 nitrogen and oxygen atoms in total. The van der Waals surface area contributed by atoms with Crippen LogP contribution in [-0.4, -0.2) is 52.2 Å². The monoisotopic (exact) mass is 274 g/mol. The summed E-state index contributed by atoms with van der Waals surface area (Å²) in [6.07, 6.45) is 0.812. The molecule has 1 saturated heterocycles. The smallest absolute Gasteiger partial charge is 0.407 e. The van der Waals surface area contributed by atoms with Crippen molar-refractivity contribution in [2.75, 3.05) is 25.0 Å². The third-order valence-corrected chi connectivity index (χ3v) is 3.99. The number of anilines is 1. The Morgan fingerprint density at radius 1 is 1.40 bits per heavy atom. The first-order valence-electron chi connectivity index (χ1n) is 6.80. The Morgan fingerprint density at radius 3 is 2.75 bits per heavy atom. The van der Waals surface area contributed by atoms with Crippen molar-refractivity contribution in [1.29, 1.82) is 0 Å². The summed E-state index contributed by atoms with van der Waals surface area (Å²) < 4.78 is 0. The van der Waals surface area contributed by atoms with Gasteiger partial charge in [0.2, 0.25) is 5.95 Å². The maximum Gasteiger partial charge on any atom is 0.407 e. The maximum absolute atomic E-state index is 11.0. The lowest BCUT2D eigenvalue weighted by Gasteiger charge is -2.35. The zero-order valence-electron chi connectivity index (χ0n) is 11.4. The number of aromatic amines is 1. The van der Waals surface area contributed by atoms with Crippen LogP contribution in [0.3, 0.4) is 0 Å². The lowest BCUT2D eigenvalue weighted by Crippen LogP contribution is -2.45. The highest BCUT2D eigenvalue weighted by atomic mass is 16.4.